The molecule has 5 nitrogen and oxygen atoms in total. The molecule has 1 aromatic carbocycles. The number of nitrogens with zero attached hydrogens (tertiary/aromatic N) is 1. The predicted octanol–water partition coefficient (Wildman–Crippen LogP) is 1.48. The van der Waals surface area contributed by atoms with Crippen LogP contribution < -0.4 is 5.32 Å². The fraction of sp³-hybridized carbons (Fsp3) is 0.222. The molecular formula is C9H9FN2O3. The lowest BCUT2D eigenvalue weighted by Gasteiger charge is -2.03. The molecule has 0 aliphatic carbocycles. The van der Waals surface area contributed by atoms with Crippen molar-refractivity contribution in [1.29, 1.82) is 0 Å². The van der Waals surface area contributed by atoms with Crippen LogP contribution in [0.5, 0.6) is 0 Å². The van der Waals surface area contributed by atoms with E-state index in [9.17, 15) is 19.3 Å². The number of hydrogen-bond donors (Lipinski definition) is 1. The zero-order valence-electron chi connectivity index (χ0n) is 7.99. The van der Waals surface area contributed by atoms with Crippen molar-refractivity contribution in [2.24, 2.45) is 0 Å². The number of amides is 1. The third kappa shape index (κ3) is 2.28. The van der Waals surface area contributed by atoms with Gasteiger partial charge in [-0.2, -0.15) is 0 Å². The van der Waals surface area contributed by atoms with Gasteiger partial charge in [-0.1, -0.05) is 6.07 Å². The van der Waals surface area contributed by atoms with E-state index in [1.807, 2.05) is 0 Å². The first-order valence-corrected chi connectivity index (χ1v) is 4.29. The van der Waals surface area contributed by atoms with Crippen molar-refractivity contribution in [3.8, 4) is 0 Å². The molecule has 1 aromatic rings. The molecule has 0 aliphatic heterocycles. The average Bonchev–Trinajstić information content (AvgIpc) is 2.17. The minimum atomic E-state index is -0.893. The highest BCUT2D eigenvalue weighted by Crippen LogP contribution is 2.20. The Labute approximate surface area is 85.1 Å². The molecule has 1 N–H and O–H groups in total. The Bertz CT molecular complexity index is 406. The zero-order chi connectivity index (χ0) is 11.4. The number of nitro groups is 1. The summed E-state index contributed by atoms with van der Waals surface area (Å²) in [6, 6.07) is 3.29. The number of hydrogen-bond acceptors (Lipinski definition) is 3. The van der Waals surface area contributed by atoms with E-state index in [-0.39, 0.29) is 6.54 Å². The molecule has 0 radical (unpaired) electrons. The summed E-state index contributed by atoms with van der Waals surface area (Å²) in [7, 11) is 0. The first-order chi connectivity index (χ1) is 7.07. The molecule has 0 unspecified atom stereocenters. The van der Waals surface area contributed by atoms with Gasteiger partial charge >= 0.3 is 0 Å². The maximum atomic E-state index is 13.2. The van der Waals surface area contributed by atoms with Crippen LogP contribution in [-0.4, -0.2) is 17.4 Å². The van der Waals surface area contributed by atoms with Crippen LogP contribution >= 0.6 is 0 Å². The molecule has 0 atom stereocenters. The smallest absolute Gasteiger partial charge is 0.285 e. The zero-order valence-corrected chi connectivity index (χ0v) is 7.99. The predicted molar refractivity (Wildman–Crippen MR) is 51.1 cm³/mol. The third-order valence-electron chi connectivity index (χ3n) is 1.75. The summed E-state index contributed by atoms with van der Waals surface area (Å²) >= 11 is 0. The summed E-state index contributed by atoms with van der Waals surface area (Å²) in [5.41, 5.74) is -1.05. The molecular weight excluding hydrogens is 203 g/mol. The molecule has 0 fully saturated rings. The second-order valence-corrected chi connectivity index (χ2v) is 2.75. The highest BCUT2D eigenvalue weighted by Gasteiger charge is 2.23. The van der Waals surface area contributed by atoms with E-state index in [1.165, 1.54) is 6.07 Å². The summed E-state index contributed by atoms with van der Waals surface area (Å²) in [5.74, 6) is -1.67. The summed E-state index contributed by atoms with van der Waals surface area (Å²) in [4.78, 5) is 21.1. The fourth-order valence-corrected chi connectivity index (χ4v) is 1.14. The van der Waals surface area contributed by atoms with Crippen LogP contribution in [0, 0.1) is 15.9 Å². The van der Waals surface area contributed by atoms with Gasteiger partial charge in [0.25, 0.3) is 11.6 Å². The quantitative estimate of drug-likeness (QED) is 0.609. The summed E-state index contributed by atoms with van der Waals surface area (Å²) in [6.07, 6.45) is 0. The molecule has 0 bridgehead atoms. The number of nitro benzene ring substituents is 1. The van der Waals surface area contributed by atoms with Crippen molar-refractivity contribution in [2.45, 2.75) is 6.92 Å². The first-order valence-electron chi connectivity index (χ1n) is 4.29. The van der Waals surface area contributed by atoms with Crippen molar-refractivity contribution in [3.63, 3.8) is 0 Å². The number of carbonyl (C=O) groups excluding carboxylic acids is 1. The van der Waals surface area contributed by atoms with E-state index >= 15 is 0 Å². The molecule has 0 aliphatic rings. The fourth-order valence-electron chi connectivity index (χ4n) is 1.14. The van der Waals surface area contributed by atoms with Gasteiger partial charge in [-0.25, -0.2) is 4.39 Å². The minimum absolute atomic E-state index is 0.282. The van der Waals surface area contributed by atoms with Gasteiger partial charge in [0.05, 0.1) is 4.92 Å². The van der Waals surface area contributed by atoms with E-state index in [0.717, 1.165) is 12.1 Å². The molecule has 1 rings (SSSR count). The average molecular weight is 212 g/mol. The highest BCUT2D eigenvalue weighted by atomic mass is 19.1. The topological polar surface area (TPSA) is 72.2 Å². The minimum Gasteiger partial charge on any atom is -0.352 e. The number of benzene rings is 1. The van der Waals surface area contributed by atoms with E-state index in [1.54, 1.807) is 6.92 Å². The van der Waals surface area contributed by atoms with Crippen LogP contribution in [0.2, 0.25) is 0 Å². The molecule has 80 valence electrons. The van der Waals surface area contributed by atoms with Gasteiger partial charge in [0.15, 0.2) is 5.56 Å². The normalized spacial score (nSPS) is 9.73. The monoisotopic (exact) mass is 212 g/mol. The summed E-state index contributed by atoms with van der Waals surface area (Å²) in [5, 5.41) is 12.9. The van der Waals surface area contributed by atoms with Gasteiger partial charge in [-0.05, 0) is 13.0 Å². The van der Waals surface area contributed by atoms with Gasteiger partial charge in [0.2, 0.25) is 0 Å². The summed E-state index contributed by atoms with van der Waals surface area (Å²) < 4.78 is 13.2. The second-order valence-electron chi connectivity index (χ2n) is 2.75. The lowest BCUT2D eigenvalue weighted by Crippen LogP contribution is -2.24. The molecule has 0 spiro atoms. The van der Waals surface area contributed by atoms with Crippen molar-refractivity contribution >= 4 is 11.6 Å². The SMILES string of the molecule is CCNC(=O)c1c(F)cccc1[N+](=O)[O-]. The van der Waals surface area contributed by atoms with Gasteiger partial charge in [-0.3, -0.25) is 14.9 Å². The molecule has 1 amide bonds. The van der Waals surface area contributed by atoms with E-state index in [2.05, 4.69) is 5.32 Å². The standard InChI is InChI=1S/C9H9FN2O3/c1-2-11-9(13)8-6(10)4-3-5-7(8)12(14)15/h3-5H,2H2,1H3,(H,11,13). The Morgan fingerprint density at radius 3 is 2.80 bits per heavy atom. The van der Waals surface area contributed by atoms with Gasteiger partial charge in [0.1, 0.15) is 5.82 Å². The Kier molecular flexibility index (Phi) is 3.33. The van der Waals surface area contributed by atoms with Gasteiger partial charge < -0.3 is 5.32 Å². The lowest BCUT2D eigenvalue weighted by molar-refractivity contribution is -0.385. The van der Waals surface area contributed by atoms with Gasteiger partial charge in [0, 0.05) is 12.6 Å². The summed E-state index contributed by atoms with van der Waals surface area (Å²) in [6.45, 7) is 1.93. The molecule has 0 saturated carbocycles. The van der Waals surface area contributed by atoms with Crippen LogP contribution in [0.15, 0.2) is 18.2 Å². The number of rotatable bonds is 3. The van der Waals surface area contributed by atoms with Crippen molar-refractivity contribution in [2.75, 3.05) is 6.54 Å². The Morgan fingerprint density at radius 1 is 1.60 bits per heavy atom. The molecule has 0 heterocycles. The van der Waals surface area contributed by atoms with Crippen molar-refractivity contribution in [1.82, 2.24) is 5.32 Å². The second kappa shape index (κ2) is 4.50. The van der Waals surface area contributed by atoms with Crippen LogP contribution in [0.4, 0.5) is 10.1 Å². The Balaban J connectivity index is 3.24. The largest absolute Gasteiger partial charge is 0.352 e. The van der Waals surface area contributed by atoms with E-state index in [4.69, 9.17) is 0 Å². The van der Waals surface area contributed by atoms with Gasteiger partial charge in [-0.15, -0.1) is 0 Å². The maximum absolute atomic E-state index is 13.2. The molecule has 15 heavy (non-hydrogen) atoms. The van der Waals surface area contributed by atoms with Crippen LogP contribution in [0.1, 0.15) is 17.3 Å². The van der Waals surface area contributed by atoms with Crippen molar-refractivity contribution < 1.29 is 14.1 Å². The Morgan fingerprint density at radius 2 is 2.27 bits per heavy atom. The van der Waals surface area contributed by atoms with Crippen LogP contribution in [0.3, 0.4) is 0 Å². The highest BCUT2D eigenvalue weighted by molar-refractivity contribution is 5.98. The molecule has 6 heteroatoms. The molecule has 0 aromatic heterocycles. The van der Waals surface area contributed by atoms with E-state index < -0.39 is 27.9 Å². The third-order valence-corrected chi connectivity index (χ3v) is 1.75. The van der Waals surface area contributed by atoms with Crippen molar-refractivity contribution in [3.05, 3.63) is 39.7 Å². The van der Waals surface area contributed by atoms with Crippen LogP contribution in [0.25, 0.3) is 0 Å². The Hall–Kier alpha value is -1.98. The first kappa shape index (κ1) is 11.1. The number of carbonyl (C=O) groups is 1. The number of nitrogens with one attached hydrogen (secondary N) is 1. The molecule has 0 saturated heterocycles. The van der Waals surface area contributed by atoms with E-state index in [0.29, 0.717) is 0 Å². The number of halogens is 1. The maximum Gasteiger partial charge on any atom is 0.285 e. The lowest BCUT2D eigenvalue weighted by atomic mass is 10.1. The van der Waals surface area contributed by atoms with Crippen LogP contribution in [-0.2, 0) is 0 Å².